The maximum absolute atomic E-state index is 12.7. The van der Waals surface area contributed by atoms with Gasteiger partial charge >= 0.3 is 5.97 Å². The maximum atomic E-state index is 12.7. The largest absolute Gasteiger partial charge is 0.469 e. The zero-order valence-corrected chi connectivity index (χ0v) is 17.4. The second-order valence-corrected chi connectivity index (χ2v) is 8.19. The lowest BCUT2D eigenvalue weighted by atomic mass is 9.95. The smallest absolute Gasteiger partial charge is 0.307 e. The summed E-state index contributed by atoms with van der Waals surface area (Å²) in [4.78, 5) is 25.4. The topological polar surface area (TPSA) is 68.5 Å². The van der Waals surface area contributed by atoms with Gasteiger partial charge < -0.3 is 14.5 Å². The summed E-state index contributed by atoms with van der Waals surface area (Å²) in [5.41, 5.74) is 4.06. The fraction of sp³-hybridized carbons (Fsp3) is 0.364. The van der Waals surface area contributed by atoms with Crippen LogP contribution in [-0.4, -0.2) is 19.0 Å². The van der Waals surface area contributed by atoms with E-state index in [1.54, 1.807) is 6.26 Å². The van der Waals surface area contributed by atoms with Crippen LogP contribution in [0.4, 0.5) is 0 Å². The molecule has 0 saturated heterocycles. The van der Waals surface area contributed by atoms with Gasteiger partial charge in [-0.2, -0.15) is 0 Å². The molecule has 1 aromatic carbocycles. The van der Waals surface area contributed by atoms with Crippen molar-refractivity contribution in [2.45, 2.75) is 45.6 Å². The molecule has 0 bridgehead atoms. The average Bonchev–Trinajstić information content (AvgIpc) is 3.30. The molecule has 0 spiro atoms. The molecule has 6 heteroatoms. The van der Waals surface area contributed by atoms with E-state index in [1.165, 1.54) is 29.6 Å². The average molecular weight is 400 g/mol. The number of methoxy groups -OCH3 is 1. The van der Waals surface area contributed by atoms with E-state index < -0.39 is 6.04 Å². The van der Waals surface area contributed by atoms with Gasteiger partial charge in [-0.25, -0.2) is 0 Å². The third kappa shape index (κ3) is 4.44. The highest BCUT2D eigenvalue weighted by Crippen LogP contribution is 2.29. The summed E-state index contributed by atoms with van der Waals surface area (Å²) in [7, 11) is 1.35. The lowest BCUT2D eigenvalue weighted by Gasteiger charge is -2.16. The van der Waals surface area contributed by atoms with Crippen molar-refractivity contribution in [3.8, 4) is 0 Å². The molecule has 3 rings (SSSR count). The summed E-state index contributed by atoms with van der Waals surface area (Å²) in [5.74, 6) is -0.120. The number of furan rings is 1. The number of fused-ring (bicyclic) bond motifs is 1. The zero-order chi connectivity index (χ0) is 20.3. The van der Waals surface area contributed by atoms with Crippen molar-refractivity contribution in [3.63, 3.8) is 0 Å². The number of amides is 1. The number of hydrogen-bond donors (Lipinski definition) is 1. The summed E-state index contributed by atoms with van der Waals surface area (Å²) >= 11 is 1.50. The number of hydrogen-bond acceptors (Lipinski definition) is 5. The van der Waals surface area contributed by atoms with Gasteiger partial charge in [0, 0.05) is 15.8 Å². The first-order valence-electron chi connectivity index (χ1n) is 9.29. The van der Waals surface area contributed by atoms with E-state index in [9.17, 15) is 9.59 Å². The minimum Gasteiger partial charge on any atom is -0.469 e. The quantitative estimate of drug-likeness (QED) is 0.575. The van der Waals surface area contributed by atoms with Crippen LogP contribution in [0.15, 0.2) is 40.3 Å². The molecule has 148 valence electrons. The van der Waals surface area contributed by atoms with Gasteiger partial charge in [0.05, 0.1) is 32.3 Å². The Hall–Kier alpha value is -2.60. The number of carbonyl (C=O) groups is 2. The van der Waals surface area contributed by atoms with Crippen LogP contribution >= 0.6 is 11.3 Å². The molecule has 0 saturated carbocycles. The molecule has 2 heterocycles. The molecule has 0 aliphatic rings. The van der Waals surface area contributed by atoms with Crippen molar-refractivity contribution < 1.29 is 18.7 Å². The SMILES string of the molecule is COC(=O)CC(NC(=O)Cc1coc2cc(C)c(C(C)C)cc12)c1cccs1. The number of nitrogens with one attached hydrogen (secondary N) is 1. The number of benzene rings is 1. The second-order valence-electron chi connectivity index (χ2n) is 7.21. The van der Waals surface area contributed by atoms with Crippen LogP contribution in [0.2, 0.25) is 0 Å². The molecule has 2 aromatic heterocycles. The molecule has 1 amide bonds. The van der Waals surface area contributed by atoms with Gasteiger partial charge in [0.15, 0.2) is 0 Å². The standard InChI is InChI=1S/C22H25NO4S/c1-13(2)16-10-17-15(12-27-19(17)8-14(16)3)9-21(24)23-18(11-22(25)26-4)20-6-5-7-28-20/h5-8,10,12-13,18H,9,11H2,1-4H3,(H,23,24). The Balaban J connectivity index is 1.79. The molecule has 28 heavy (non-hydrogen) atoms. The fourth-order valence-corrected chi connectivity index (χ4v) is 4.16. The number of carbonyl (C=O) groups excluding carboxylic acids is 2. The van der Waals surface area contributed by atoms with Gasteiger partial charge in [-0.1, -0.05) is 19.9 Å². The van der Waals surface area contributed by atoms with Crippen molar-refractivity contribution >= 4 is 34.2 Å². The van der Waals surface area contributed by atoms with Crippen molar-refractivity contribution in [1.82, 2.24) is 5.32 Å². The molecule has 1 N–H and O–H groups in total. The predicted molar refractivity (Wildman–Crippen MR) is 111 cm³/mol. The Morgan fingerprint density at radius 3 is 2.71 bits per heavy atom. The van der Waals surface area contributed by atoms with E-state index in [4.69, 9.17) is 9.15 Å². The first-order valence-corrected chi connectivity index (χ1v) is 10.2. The molecule has 1 unspecified atom stereocenters. The van der Waals surface area contributed by atoms with Crippen LogP contribution in [-0.2, 0) is 20.7 Å². The van der Waals surface area contributed by atoms with Gasteiger partial charge in [0.1, 0.15) is 5.58 Å². The minimum atomic E-state index is -0.397. The Morgan fingerprint density at radius 2 is 2.07 bits per heavy atom. The van der Waals surface area contributed by atoms with Crippen LogP contribution in [0.5, 0.6) is 0 Å². The molecule has 5 nitrogen and oxygen atoms in total. The number of ether oxygens (including phenoxy) is 1. The van der Waals surface area contributed by atoms with E-state index in [0.717, 1.165) is 21.4 Å². The number of aryl methyl sites for hydroxylation is 1. The first-order chi connectivity index (χ1) is 13.4. The maximum Gasteiger partial charge on any atom is 0.307 e. The Labute approximate surface area is 168 Å². The van der Waals surface area contributed by atoms with Gasteiger partial charge in [-0.05, 0) is 47.5 Å². The highest BCUT2D eigenvalue weighted by molar-refractivity contribution is 7.10. The molecule has 0 fully saturated rings. The van der Waals surface area contributed by atoms with Crippen LogP contribution < -0.4 is 5.32 Å². The van der Waals surface area contributed by atoms with E-state index in [1.807, 2.05) is 23.6 Å². The van der Waals surface area contributed by atoms with Gasteiger partial charge in [-0.3, -0.25) is 9.59 Å². The molecular weight excluding hydrogens is 374 g/mol. The van der Waals surface area contributed by atoms with E-state index in [2.05, 4.69) is 32.2 Å². The number of rotatable bonds is 7. The van der Waals surface area contributed by atoms with Gasteiger partial charge in [0.2, 0.25) is 5.91 Å². The summed E-state index contributed by atoms with van der Waals surface area (Å²) in [6.45, 7) is 6.38. The normalized spacial score (nSPS) is 12.3. The van der Waals surface area contributed by atoms with E-state index in [0.29, 0.717) is 5.92 Å². The third-order valence-corrected chi connectivity index (χ3v) is 5.82. The first kappa shape index (κ1) is 20.1. The highest BCUT2D eigenvalue weighted by atomic mass is 32.1. The molecule has 0 aliphatic heterocycles. The second kappa shape index (κ2) is 8.61. The number of esters is 1. The monoisotopic (exact) mass is 399 g/mol. The highest BCUT2D eigenvalue weighted by Gasteiger charge is 2.21. The Kier molecular flexibility index (Phi) is 6.19. The van der Waals surface area contributed by atoms with Gasteiger partial charge in [-0.15, -0.1) is 11.3 Å². The van der Waals surface area contributed by atoms with E-state index in [-0.39, 0.29) is 24.7 Å². The summed E-state index contributed by atoms with van der Waals surface area (Å²) in [6, 6.07) is 7.55. The molecule has 3 aromatic rings. The Morgan fingerprint density at radius 1 is 1.29 bits per heavy atom. The van der Waals surface area contributed by atoms with Crippen molar-refractivity contribution in [2.24, 2.45) is 0 Å². The summed E-state index contributed by atoms with van der Waals surface area (Å²) < 4.78 is 10.4. The lowest BCUT2D eigenvalue weighted by molar-refractivity contribution is -0.141. The third-order valence-electron chi connectivity index (χ3n) is 4.84. The van der Waals surface area contributed by atoms with Crippen molar-refractivity contribution in [2.75, 3.05) is 7.11 Å². The fourth-order valence-electron chi connectivity index (χ4n) is 3.38. The molecule has 0 aliphatic carbocycles. The van der Waals surface area contributed by atoms with Crippen LogP contribution in [0.3, 0.4) is 0 Å². The lowest BCUT2D eigenvalue weighted by Crippen LogP contribution is -2.31. The predicted octanol–water partition coefficient (Wildman–Crippen LogP) is 4.89. The molecule has 0 radical (unpaired) electrons. The number of thiophene rings is 1. The van der Waals surface area contributed by atoms with Crippen molar-refractivity contribution in [3.05, 3.63) is 57.5 Å². The van der Waals surface area contributed by atoms with Crippen molar-refractivity contribution in [1.29, 1.82) is 0 Å². The Bertz CT molecular complexity index is 972. The van der Waals surface area contributed by atoms with E-state index >= 15 is 0 Å². The molecule has 1 atom stereocenters. The summed E-state index contributed by atoms with van der Waals surface area (Å²) in [6.07, 6.45) is 1.94. The molecular formula is C22H25NO4S. The van der Waals surface area contributed by atoms with Crippen LogP contribution in [0.25, 0.3) is 11.0 Å². The van der Waals surface area contributed by atoms with Crippen LogP contribution in [0.1, 0.15) is 53.8 Å². The minimum absolute atomic E-state index is 0.103. The summed E-state index contributed by atoms with van der Waals surface area (Å²) in [5, 5.41) is 5.85. The zero-order valence-electron chi connectivity index (χ0n) is 16.6. The van der Waals surface area contributed by atoms with Gasteiger partial charge in [0.25, 0.3) is 0 Å². The van der Waals surface area contributed by atoms with Crippen LogP contribution in [0, 0.1) is 6.92 Å².